The Bertz CT molecular complexity index is 460. The Labute approximate surface area is 161 Å². The fourth-order valence-corrected chi connectivity index (χ4v) is 5.91. The Kier molecular flexibility index (Phi) is 5.13. The Morgan fingerprint density at radius 3 is 2.45 bits per heavy atom. The quantitative estimate of drug-likeness (QED) is 0.645. The number of carbonyl (C=O) groups is 1. The van der Waals surface area contributed by atoms with Crippen LogP contribution in [0.1, 0.15) is 66.7 Å². The molecule has 0 amide bonds. The van der Waals surface area contributed by atoms with Crippen LogP contribution < -0.4 is 0 Å². The molecule has 2 nitrogen and oxygen atoms in total. The molecule has 0 aromatic rings. The van der Waals surface area contributed by atoms with Gasteiger partial charge in [-0.1, -0.05) is 47.0 Å². The van der Waals surface area contributed by atoms with E-state index in [1.54, 1.807) is 0 Å². The molecule has 1 radical (unpaired) electrons. The minimum atomic E-state index is -0.319. The third-order valence-corrected chi connectivity index (χ3v) is 7.71. The topological polar surface area (TPSA) is 37.3 Å². The van der Waals surface area contributed by atoms with Crippen LogP contribution in [0.3, 0.4) is 0 Å². The second-order valence-electron chi connectivity index (χ2n) is 9.07. The van der Waals surface area contributed by atoms with Gasteiger partial charge in [-0.15, -0.1) is 5.41 Å². The third kappa shape index (κ3) is 2.42. The first-order valence-electron chi connectivity index (χ1n) is 8.70. The minimum absolute atomic E-state index is 0. The molecule has 0 aromatic heterocycles. The number of Topliss-reactive ketones (excluding diaryl/α,β-unsaturated/α-hetero) is 1. The molecule has 0 spiro atoms. The van der Waals surface area contributed by atoms with Crippen LogP contribution >= 0.6 is 0 Å². The second kappa shape index (κ2) is 5.92. The number of ketones is 1. The SMILES string of the molecule is CC1CC[C@@]23CCC(=O)C2[C@]1(C)[CH-]CC(C)(C)[C@@H](O)[C@@H]3C.[Y]. The molecule has 0 heterocycles. The van der Waals surface area contributed by atoms with Crippen LogP contribution in [0.5, 0.6) is 0 Å². The maximum atomic E-state index is 12.7. The number of aliphatic hydroxyl groups is 1. The predicted molar refractivity (Wildman–Crippen MR) is 84.5 cm³/mol. The molecule has 3 fully saturated rings. The van der Waals surface area contributed by atoms with Crippen molar-refractivity contribution in [3.05, 3.63) is 6.42 Å². The molecule has 3 aliphatic rings. The number of hydrogen-bond acceptors (Lipinski definition) is 2. The summed E-state index contributed by atoms with van der Waals surface area (Å²) in [5, 5.41) is 11.0. The van der Waals surface area contributed by atoms with Crippen LogP contribution in [0.25, 0.3) is 0 Å². The summed E-state index contributed by atoms with van der Waals surface area (Å²) < 4.78 is 0. The summed E-state index contributed by atoms with van der Waals surface area (Å²) in [6.07, 6.45) is 7.00. The Morgan fingerprint density at radius 1 is 1.18 bits per heavy atom. The van der Waals surface area contributed by atoms with Gasteiger partial charge in [0.25, 0.3) is 0 Å². The van der Waals surface area contributed by atoms with Crippen LogP contribution in [0, 0.1) is 40.4 Å². The molecule has 2 bridgehead atoms. The van der Waals surface area contributed by atoms with Crippen molar-refractivity contribution in [1.82, 2.24) is 0 Å². The molecule has 22 heavy (non-hydrogen) atoms. The summed E-state index contributed by atoms with van der Waals surface area (Å²) in [6.45, 7) is 11.2. The van der Waals surface area contributed by atoms with Crippen molar-refractivity contribution in [2.75, 3.05) is 0 Å². The molecule has 3 rings (SSSR count). The summed E-state index contributed by atoms with van der Waals surface area (Å²) >= 11 is 0. The van der Waals surface area contributed by atoms with Gasteiger partial charge < -0.3 is 11.5 Å². The fourth-order valence-electron chi connectivity index (χ4n) is 5.91. The van der Waals surface area contributed by atoms with Crippen molar-refractivity contribution in [1.29, 1.82) is 0 Å². The number of aliphatic hydroxyl groups excluding tert-OH is 1. The van der Waals surface area contributed by atoms with E-state index in [0.717, 1.165) is 25.7 Å². The van der Waals surface area contributed by atoms with Crippen LogP contribution in [0.4, 0.5) is 0 Å². The van der Waals surface area contributed by atoms with E-state index in [1.165, 1.54) is 6.42 Å². The predicted octanol–water partition coefficient (Wildman–Crippen LogP) is 4.02. The maximum Gasteiger partial charge on any atom is 0.134 e. The number of rotatable bonds is 0. The molecule has 0 saturated heterocycles. The Morgan fingerprint density at radius 2 is 1.82 bits per heavy atom. The molecule has 3 saturated carbocycles. The van der Waals surface area contributed by atoms with E-state index in [2.05, 4.69) is 41.0 Å². The van der Waals surface area contributed by atoms with Gasteiger partial charge in [-0.25, -0.2) is 0 Å². The summed E-state index contributed by atoms with van der Waals surface area (Å²) in [5.74, 6) is 1.37. The molecule has 6 atom stereocenters. The molecular formula is C19H31O2Y-. The first-order valence-corrected chi connectivity index (χ1v) is 8.70. The fraction of sp³-hybridized carbons (Fsp3) is 0.895. The van der Waals surface area contributed by atoms with Gasteiger partial charge in [-0.05, 0) is 29.6 Å². The minimum Gasteiger partial charge on any atom is -0.392 e. The van der Waals surface area contributed by atoms with Gasteiger partial charge in [0.2, 0.25) is 0 Å². The molecule has 3 aliphatic carbocycles. The third-order valence-electron chi connectivity index (χ3n) is 7.71. The zero-order valence-electron chi connectivity index (χ0n) is 14.9. The average Bonchev–Trinajstić information content (AvgIpc) is 2.78. The van der Waals surface area contributed by atoms with Gasteiger partial charge in [-0.3, -0.25) is 4.79 Å². The molecule has 123 valence electrons. The zero-order chi connectivity index (χ0) is 15.6. The zero-order valence-corrected chi connectivity index (χ0v) is 17.7. The summed E-state index contributed by atoms with van der Waals surface area (Å²) in [6, 6.07) is 0. The second-order valence-corrected chi connectivity index (χ2v) is 9.07. The van der Waals surface area contributed by atoms with Crippen LogP contribution in [-0.2, 0) is 37.5 Å². The van der Waals surface area contributed by atoms with Gasteiger partial charge in [0.15, 0.2) is 0 Å². The molecule has 1 N–H and O–H groups in total. The van der Waals surface area contributed by atoms with Gasteiger partial charge in [0, 0.05) is 45.0 Å². The Balaban J connectivity index is 0.00000176. The monoisotopic (exact) mass is 380 g/mol. The molecule has 2 unspecified atom stereocenters. The summed E-state index contributed by atoms with van der Waals surface area (Å²) in [7, 11) is 0. The van der Waals surface area contributed by atoms with Gasteiger partial charge in [0.05, 0.1) is 6.10 Å². The van der Waals surface area contributed by atoms with Crippen LogP contribution in [0.15, 0.2) is 0 Å². The summed E-state index contributed by atoms with van der Waals surface area (Å²) in [4.78, 5) is 12.7. The van der Waals surface area contributed by atoms with Crippen molar-refractivity contribution in [2.45, 2.75) is 72.8 Å². The van der Waals surface area contributed by atoms with E-state index in [-0.39, 0.29) is 66.9 Å². The van der Waals surface area contributed by atoms with E-state index in [4.69, 9.17) is 0 Å². The van der Waals surface area contributed by atoms with E-state index in [9.17, 15) is 9.90 Å². The van der Waals surface area contributed by atoms with Crippen LogP contribution in [0.2, 0.25) is 0 Å². The standard InChI is InChI=1S/C19H31O2.Y/c1-12-6-8-19-9-7-14(20)15(19)18(12,5)11-10-17(3,4)16(21)13(19)2;/h11-13,15-16,21H,6-10H2,1-5H3;/q-1;/t12?,13-,15?,16-,18+,19-;/m0./s1. The molecule has 3 heteroatoms. The van der Waals surface area contributed by atoms with Crippen molar-refractivity contribution >= 4 is 5.78 Å². The van der Waals surface area contributed by atoms with E-state index < -0.39 is 0 Å². The number of hydrogen-bond donors (Lipinski definition) is 1. The van der Waals surface area contributed by atoms with E-state index in [0.29, 0.717) is 11.7 Å². The normalized spacial score (nSPS) is 50.5. The van der Waals surface area contributed by atoms with Gasteiger partial charge >= 0.3 is 0 Å². The summed E-state index contributed by atoms with van der Waals surface area (Å²) in [5.41, 5.74) is -0.0508. The molecule has 0 aromatic carbocycles. The smallest absolute Gasteiger partial charge is 0.134 e. The van der Waals surface area contributed by atoms with Crippen molar-refractivity contribution in [3.8, 4) is 0 Å². The van der Waals surface area contributed by atoms with E-state index in [1.807, 2.05) is 0 Å². The number of carbonyl (C=O) groups excluding carboxylic acids is 1. The van der Waals surface area contributed by atoms with Gasteiger partial charge in [0.1, 0.15) is 5.78 Å². The first-order chi connectivity index (χ1) is 9.65. The first kappa shape index (κ1) is 19.1. The van der Waals surface area contributed by atoms with Crippen molar-refractivity contribution in [2.24, 2.45) is 34.0 Å². The largest absolute Gasteiger partial charge is 0.392 e. The Hall–Kier alpha value is 0.734. The average molecular weight is 380 g/mol. The van der Waals surface area contributed by atoms with Crippen molar-refractivity contribution in [3.63, 3.8) is 0 Å². The van der Waals surface area contributed by atoms with Crippen molar-refractivity contribution < 1.29 is 42.6 Å². The molecule has 0 aliphatic heterocycles. The van der Waals surface area contributed by atoms with Gasteiger partial charge in [-0.2, -0.15) is 6.42 Å². The van der Waals surface area contributed by atoms with E-state index >= 15 is 0 Å². The maximum absolute atomic E-state index is 12.7. The molecular weight excluding hydrogens is 349 g/mol. The van der Waals surface area contributed by atoms with Crippen LogP contribution in [-0.4, -0.2) is 17.0 Å².